The summed E-state index contributed by atoms with van der Waals surface area (Å²) in [7, 11) is 0. The summed E-state index contributed by atoms with van der Waals surface area (Å²) in [6.07, 6.45) is 0.190. The Balaban J connectivity index is 0.000000202. The predicted molar refractivity (Wildman–Crippen MR) is 73.4 cm³/mol. The molecule has 18 heavy (non-hydrogen) atoms. The molecule has 2 nitrogen and oxygen atoms in total. The van der Waals surface area contributed by atoms with Gasteiger partial charge in [0.1, 0.15) is 6.10 Å². The predicted octanol–water partition coefficient (Wildman–Crippen LogP) is 3.04. The lowest BCUT2D eigenvalue weighted by molar-refractivity contribution is 0.244. The lowest BCUT2D eigenvalue weighted by Gasteiger charge is -2.01. The Kier molecular flexibility index (Phi) is 4.51. The Morgan fingerprint density at radius 2 is 1.72 bits per heavy atom. The largest absolute Gasteiger partial charge is 0.394 e. The summed E-state index contributed by atoms with van der Waals surface area (Å²) in [6.45, 7) is 3.07. The first-order valence-electron chi connectivity index (χ1n) is 6.14. The molecule has 0 spiro atoms. The van der Waals surface area contributed by atoms with Crippen LogP contribution in [0.15, 0.2) is 54.6 Å². The highest BCUT2D eigenvalue weighted by molar-refractivity contribution is 5.63. The highest BCUT2D eigenvalue weighted by Crippen LogP contribution is 2.19. The molecule has 1 aliphatic rings. The van der Waals surface area contributed by atoms with E-state index in [1.807, 2.05) is 6.07 Å². The minimum atomic E-state index is 0.190. The summed E-state index contributed by atoms with van der Waals surface area (Å²) in [6, 6.07) is 19.0. The van der Waals surface area contributed by atoms with Gasteiger partial charge in [0.05, 0.1) is 13.2 Å². The lowest BCUT2D eigenvalue weighted by Crippen LogP contribution is -1.88. The van der Waals surface area contributed by atoms with E-state index in [9.17, 15) is 0 Å². The van der Waals surface area contributed by atoms with E-state index in [0.29, 0.717) is 0 Å². The highest BCUT2D eigenvalue weighted by Gasteiger charge is 2.19. The normalized spacial score (nSPS) is 16.7. The maximum absolute atomic E-state index is 8.08. The minimum absolute atomic E-state index is 0.190. The minimum Gasteiger partial charge on any atom is -0.394 e. The molecule has 1 atom stereocenters. The fourth-order valence-electron chi connectivity index (χ4n) is 1.63. The number of hydrogen-bond donors (Lipinski definition) is 1. The van der Waals surface area contributed by atoms with Crippen molar-refractivity contribution in [3.63, 3.8) is 0 Å². The topological polar surface area (TPSA) is 32.8 Å². The van der Waals surface area contributed by atoms with Gasteiger partial charge in [-0.2, -0.15) is 0 Å². The summed E-state index contributed by atoms with van der Waals surface area (Å²) in [5.41, 5.74) is 3.88. The molecule has 0 aliphatic carbocycles. The van der Waals surface area contributed by atoms with Crippen LogP contribution in [0, 0.1) is 6.92 Å². The molecular weight excluding hydrogens is 224 g/mol. The van der Waals surface area contributed by atoms with Crippen LogP contribution in [0.2, 0.25) is 0 Å². The zero-order valence-corrected chi connectivity index (χ0v) is 10.5. The summed E-state index contributed by atoms with van der Waals surface area (Å²) in [4.78, 5) is 0. The molecule has 1 fully saturated rings. The Labute approximate surface area is 108 Å². The fraction of sp³-hybridized carbons (Fsp3) is 0.250. The van der Waals surface area contributed by atoms with Gasteiger partial charge in [-0.15, -0.1) is 0 Å². The molecule has 0 bridgehead atoms. The van der Waals surface area contributed by atoms with Crippen LogP contribution >= 0.6 is 0 Å². The van der Waals surface area contributed by atoms with E-state index in [4.69, 9.17) is 5.11 Å². The molecule has 1 unspecified atom stereocenters. The van der Waals surface area contributed by atoms with Gasteiger partial charge in [0.25, 0.3) is 0 Å². The first-order chi connectivity index (χ1) is 8.79. The molecule has 0 amide bonds. The first-order valence-corrected chi connectivity index (χ1v) is 6.14. The number of ether oxygens (including phenoxy) is 1. The van der Waals surface area contributed by atoms with Gasteiger partial charge in [0, 0.05) is 0 Å². The van der Waals surface area contributed by atoms with Gasteiger partial charge in [-0.1, -0.05) is 60.2 Å². The molecule has 2 heteroatoms. The van der Waals surface area contributed by atoms with Crippen molar-refractivity contribution < 1.29 is 9.84 Å². The van der Waals surface area contributed by atoms with Gasteiger partial charge in [-0.3, -0.25) is 0 Å². The maximum Gasteiger partial charge on any atom is 0.104 e. The molecule has 1 saturated heterocycles. The van der Waals surface area contributed by atoms with Crippen molar-refractivity contribution in [1.29, 1.82) is 0 Å². The zero-order chi connectivity index (χ0) is 12.8. The lowest BCUT2D eigenvalue weighted by atomic mass is 10.0. The zero-order valence-electron chi connectivity index (χ0n) is 10.5. The van der Waals surface area contributed by atoms with Crippen LogP contribution in [0.3, 0.4) is 0 Å². The number of aliphatic hydroxyl groups is 1. The van der Waals surface area contributed by atoms with E-state index >= 15 is 0 Å². The molecule has 0 radical (unpaired) electrons. The number of epoxide rings is 1. The fourth-order valence-corrected chi connectivity index (χ4v) is 1.63. The number of benzene rings is 2. The van der Waals surface area contributed by atoms with Crippen LogP contribution in [0.1, 0.15) is 5.56 Å². The number of aryl methyl sites for hydroxylation is 1. The second-order valence-electron chi connectivity index (χ2n) is 4.37. The van der Waals surface area contributed by atoms with Crippen molar-refractivity contribution in [2.75, 3.05) is 13.2 Å². The Morgan fingerprint density at radius 3 is 2.22 bits per heavy atom. The molecule has 0 saturated carbocycles. The van der Waals surface area contributed by atoms with Crippen LogP contribution in [0.5, 0.6) is 0 Å². The van der Waals surface area contributed by atoms with Crippen molar-refractivity contribution in [2.24, 2.45) is 0 Å². The van der Waals surface area contributed by atoms with Crippen molar-refractivity contribution in [3.8, 4) is 11.1 Å². The van der Waals surface area contributed by atoms with E-state index in [2.05, 4.69) is 60.2 Å². The summed E-state index contributed by atoms with van der Waals surface area (Å²) in [5, 5.41) is 8.08. The molecule has 3 rings (SSSR count). The molecule has 1 N–H and O–H groups in total. The van der Waals surface area contributed by atoms with Crippen molar-refractivity contribution >= 4 is 0 Å². The Morgan fingerprint density at radius 1 is 1.06 bits per heavy atom. The van der Waals surface area contributed by atoms with Crippen molar-refractivity contribution in [1.82, 2.24) is 0 Å². The van der Waals surface area contributed by atoms with Gasteiger partial charge in [0.15, 0.2) is 0 Å². The third kappa shape index (κ3) is 3.99. The smallest absolute Gasteiger partial charge is 0.104 e. The van der Waals surface area contributed by atoms with E-state index in [0.717, 1.165) is 6.61 Å². The van der Waals surface area contributed by atoms with Crippen LogP contribution in [-0.4, -0.2) is 24.4 Å². The molecule has 0 aromatic heterocycles. The number of aliphatic hydroxyl groups excluding tert-OH is 1. The molecule has 1 heterocycles. The molecule has 1 aliphatic heterocycles. The molecular formula is C16H18O2. The summed E-state index contributed by atoms with van der Waals surface area (Å²) in [5.74, 6) is 0. The van der Waals surface area contributed by atoms with Gasteiger partial charge in [0.2, 0.25) is 0 Å². The molecule has 2 aromatic carbocycles. The third-order valence-corrected chi connectivity index (χ3v) is 2.73. The standard InChI is InChI=1S/C13H12.C3H6O2/c1-11-6-5-9-13(10-11)12-7-3-2-4-8-12;4-1-3-2-5-3/h2-10H,1H3;3-4H,1-2H2. The number of hydrogen-bond acceptors (Lipinski definition) is 2. The van der Waals surface area contributed by atoms with E-state index in [1.54, 1.807) is 0 Å². The monoisotopic (exact) mass is 242 g/mol. The SMILES string of the molecule is Cc1cccc(-c2ccccc2)c1.OCC1CO1. The maximum atomic E-state index is 8.08. The molecule has 94 valence electrons. The van der Waals surface area contributed by atoms with Crippen LogP contribution in [0.4, 0.5) is 0 Å². The second-order valence-corrected chi connectivity index (χ2v) is 4.37. The van der Waals surface area contributed by atoms with E-state index < -0.39 is 0 Å². The molecule has 2 aromatic rings. The highest BCUT2D eigenvalue weighted by atomic mass is 16.6. The average molecular weight is 242 g/mol. The van der Waals surface area contributed by atoms with E-state index in [1.165, 1.54) is 16.7 Å². The average Bonchev–Trinajstić information content (AvgIpc) is 3.24. The van der Waals surface area contributed by atoms with Gasteiger partial charge >= 0.3 is 0 Å². The van der Waals surface area contributed by atoms with Gasteiger partial charge in [-0.05, 0) is 18.1 Å². The number of rotatable bonds is 2. The summed E-state index contributed by atoms with van der Waals surface area (Å²) < 4.78 is 4.61. The summed E-state index contributed by atoms with van der Waals surface area (Å²) >= 11 is 0. The van der Waals surface area contributed by atoms with Crippen molar-refractivity contribution in [3.05, 3.63) is 60.2 Å². The van der Waals surface area contributed by atoms with Crippen LogP contribution in [-0.2, 0) is 4.74 Å². The van der Waals surface area contributed by atoms with Gasteiger partial charge < -0.3 is 9.84 Å². The van der Waals surface area contributed by atoms with Gasteiger partial charge in [-0.25, -0.2) is 0 Å². The van der Waals surface area contributed by atoms with Crippen molar-refractivity contribution in [2.45, 2.75) is 13.0 Å². The Hall–Kier alpha value is -1.64. The van der Waals surface area contributed by atoms with Crippen LogP contribution in [0.25, 0.3) is 11.1 Å². The first kappa shape index (κ1) is 12.8. The second kappa shape index (κ2) is 6.34. The van der Waals surface area contributed by atoms with Crippen LogP contribution < -0.4 is 0 Å². The Bertz CT molecular complexity index is 475. The third-order valence-electron chi connectivity index (χ3n) is 2.73. The van der Waals surface area contributed by atoms with E-state index in [-0.39, 0.29) is 12.7 Å². The quantitative estimate of drug-likeness (QED) is 0.821.